The lowest BCUT2D eigenvalue weighted by Gasteiger charge is -2.27. The van der Waals surface area contributed by atoms with Crippen LogP contribution in [0.5, 0.6) is 23.0 Å². The Labute approximate surface area is 338 Å². The lowest BCUT2D eigenvalue weighted by molar-refractivity contribution is 0.349. The van der Waals surface area contributed by atoms with Gasteiger partial charge in [-0.1, -0.05) is 130 Å². The highest BCUT2D eigenvalue weighted by Crippen LogP contribution is 2.55. The molecule has 284 valence electrons. The molecule has 0 atom stereocenters. The molecular formula is C44H50N2O4S4. The molecule has 4 aromatic rings. The van der Waals surface area contributed by atoms with E-state index in [1.807, 2.05) is 24.3 Å². The molecule has 5 rings (SSSR count). The monoisotopic (exact) mass is 798 g/mol. The van der Waals surface area contributed by atoms with Gasteiger partial charge in [-0.15, -0.1) is 0 Å². The molecule has 1 aliphatic rings. The van der Waals surface area contributed by atoms with Gasteiger partial charge in [0.25, 0.3) is 0 Å². The van der Waals surface area contributed by atoms with Crippen LogP contribution in [0, 0.1) is 22.7 Å². The summed E-state index contributed by atoms with van der Waals surface area (Å²) < 4.78 is 12.5. The standard InChI is InChI=1S/C44H50N2O4S4/c1-41(2,3)25-17-29-37(47)30(18-25)52-34-22-28(44(10,11)12)24-36(40(34)50-16-14-46)54-32-20-26(42(4,5)6)19-31(38(32)48)53-35-23-27(43(7,8)9)21-33(51-29)39(35)49-15-13-45/h17-24,47-48H,15-16H2,1-12H3. The van der Waals surface area contributed by atoms with E-state index in [0.29, 0.717) is 31.1 Å². The molecule has 54 heavy (non-hydrogen) atoms. The summed E-state index contributed by atoms with van der Waals surface area (Å²) >= 11 is 5.60. The molecule has 10 heteroatoms. The van der Waals surface area contributed by atoms with Crippen LogP contribution in [0.3, 0.4) is 0 Å². The minimum atomic E-state index is -0.257. The van der Waals surface area contributed by atoms with E-state index in [4.69, 9.17) is 9.47 Å². The molecule has 0 saturated heterocycles. The van der Waals surface area contributed by atoms with Crippen LogP contribution in [0.2, 0.25) is 0 Å². The van der Waals surface area contributed by atoms with Crippen LogP contribution >= 0.6 is 47.0 Å². The molecule has 0 spiro atoms. The summed E-state index contributed by atoms with van der Waals surface area (Å²) in [7, 11) is 0. The Morgan fingerprint density at radius 1 is 0.426 bits per heavy atom. The molecule has 2 N–H and O–H groups in total. The number of nitrogens with zero attached hydrogens (tertiary/aromatic N) is 2. The van der Waals surface area contributed by atoms with Gasteiger partial charge in [-0.3, -0.25) is 0 Å². The highest BCUT2D eigenvalue weighted by atomic mass is 32.2. The maximum atomic E-state index is 12.2. The van der Waals surface area contributed by atoms with Crippen LogP contribution in [0.25, 0.3) is 0 Å². The molecular weight excluding hydrogens is 749 g/mol. The van der Waals surface area contributed by atoms with Crippen LogP contribution in [-0.4, -0.2) is 23.4 Å². The van der Waals surface area contributed by atoms with Gasteiger partial charge in [-0.2, -0.15) is 10.5 Å². The van der Waals surface area contributed by atoms with Crippen LogP contribution < -0.4 is 9.47 Å². The molecule has 0 saturated carbocycles. The predicted molar refractivity (Wildman–Crippen MR) is 223 cm³/mol. The van der Waals surface area contributed by atoms with E-state index in [9.17, 15) is 20.7 Å². The molecule has 1 aliphatic heterocycles. The van der Waals surface area contributed by atoms with E-state index < -0.39 is 0 Å². The number of phenolic OH excluding ortho intramolecular Hbond substituents is 2. The van der Waals surface area contributed by atoms with Gasteiger partial charge in [0, 0.05) is 0 Å². The summed E-state index contributed by atoms with van der Waals surface area (Å²) in [5, 5.41) is 43.7. The van der Waals surface area contributed by atoms with Gasteiger partial charge in [0.05, 0.1) is 39.2 Å². The number of phenols is 2. The van der Waals surface area contributed by atoms with Gasteiger partial charge < -0.3 is 19.7 Å². The smallest absolute Gasteiger partial charge is 0.174 e. The minimum absolute atomic E-state index is 0.117. The molecule has 0 amide bonds. The summed E-state index contributed by atoms with van der Waals surface area (Å²) in [6.45, 7) is 25.4. The van der Waals surface area contributed by atoms with Crippen molar-refractivity contribution in [1.82, 2.24) is 0 Å². The van der Waals surface area contributed by atoms with Gasteiger partial charge in [0.1, 0.15) is 35.1 Å². The Kier molecular flexibility index (Phi) is 12.0. The highest BCUT2D eigenvalue weighted by molar-refractivity contribution is 8.01. The van der Waals surface area contributed by atoms with Crippen molar-refractivity contribution in [2.45, 2.75) is 144 Å². The fourth-order valence-electron chi connectivity index (χ4n) is 5.63. The third kappa shape index (κ3) is 9.28. The molecule has 8 bridgehead atoms. The number of nitriles is 2. The summed E-state index contributed by atoms with van der Waals surface area (Å²) in [5.74, 6) is 1.27. The zero-order valence-corrected chi connectivity index (χ0v) is 36.5. The fraction of sp³-hybridized carbons (Fsp3) is 0.409. The van der Waals surface area contributed by atoms with Crippen LogP contribution in [0.15, 0.2) is 87.7 Å². The SMILES string of the molecule is CC(C)(C)c1cc2c(O)c(c1)Sc1cc(C(C)(C)C)cc(c1OCC#N)Sc1cc(C(C)(C)C)cc(c1O)Sc1cc(C(C)(C)C)cc(c1OCC#N)S2. The first kappa shape index (κ1) is 41.6. The summed E-state index contributed by atoms with van der Waals surface area (Å²) in [5.41, 5.74) is 3.14. The Morgan fingerprint density at radius 2 is 0.630 bits per heavy atom. The Hall–Kier alpha value is -3.54. The Morgan fingerprint density at radius 3 is 0.815 bits per heavy atom. The van der Waals surface area contributed by atoms with Gasteiger partial charge >= 0.3 is 0 Å². The molecule has 4 aromatic carbocycles. The number of rotatable bonds is 4. The van der Waals surface area contributed by atoms with Crippen LogP contribution in [-0.2, 0) is 21.7 Å². The van der Waals surface area contributed by atoms with Crippen LogP contribution in [0.1, 0.15) is 105 Å². The second-order valence-electron chi connectivity index (χ2n) is 17.5. The lowest BCUT2D eigenvalue weighted by atomic mass is 9.87. The molecule has 0 fully saturated rings. The zero-order chi connectivity index (χ0) is 40.0. The number of aromatic hydroxyl groups is 2. The van der Waals surface area contributed by atoms with Crippen molar-refractivity contribution in [2.24, 2.45) is 0 Å². The maximum Gasteiger partial charge on any atom is 0.174 e. The number of hydrogen-bond donors (Lipinski definition) is 2. The van der Waals surface area contributed by atoms with Gasteiger partial charge in [-0.25, -0.2) is 0 Å². The van der Waals surface area contributed by atoms with Crippen LogP contribution in [0.4, 0.5) is 0 Å². The molecule has 0 unspecified atom stereocenters. The zero-order valence-electron chi connectivity index (χ0n) is 33.3. The largest absolute Gasteiger partial charge is 0.506 e. The molecule has 0 radical (unpaired) electrons. The van der Waals surface area contributed by atoms with E-state index in [1.54, 1.807) is 0 Å². The van der Waals surface area contributed by atoms with Crippen molar-refractivity contribution < 1.29 is 19.7 Å². The van der Waals surface area contributed by atoms with Crippen molar-refractivity contribution in [2.75, 3.05) is 13.2 Å². The van der Waals surface area contributed by atoms with Crippen molar-refractivity contribution in [3.63, 3.8) is 0 Å². The number of hydrogen-bond acceptors (Lipinski definition) is 10. The van der Waals surface area contributed by atoms with Crippen molar-refractivity contribution in [1.29, 1.82) is 10.5 Å². The summed E-state index contributed by atoms with van der Waals surface area (Å²) in [4.78, 5) is 5.56. The topological polar surface area (TPSA) is 106 Å². The van der Waals surface area contributed by atoms with E-state index in [2.05, 4.69) is 119 Å². The van der Waals surface area contributed by atoms with E-state index in [1.165, 1.54) is 47.0 Å². The van der Waals surface area contributed by atoms with E-state index in [-0.39, 0.29) is 46.4 Å². The second kappa shape index (κ2) is 15.5. The Bertz CT molecular complexity index is 1920. The number of ether oxygens (including phenoxy) is 2. The van der Waals surface area contributed by atoms with Crippen molar-refractivity contribution in [3.8, 4) is 35.1 Å². The normalized spacial score (nSPS) is 13.5. The number of fused-ring (bicyclic) bond motifs is 8. The number of benzene rings is 4. The first-order valence-corrected chi connectivity index (χ1v) is 21.1. The highest BCUT2D eigenvalue weighted by Gasteiger charge is 2.29. The summed E-state index contributed by atoms with van der Waals surface area (Å²) in [6.07, 6.45) is 0. The molecule has 6 nitrogen and oxygen atoms in total. The third-order valence-electron chi connectivity index (χ3n) is 9.03. The van der Waals surface area contributed by atoms with Gasteiger partial charge in [0.15, 0.2) is 13.2 Å². The average molecular weight is 799 g/mol. The quantitative estimate of drug-likeness (QED) is 0.182. The molecule has 1 heterocycles. The van der Waals surface area contributed by atoms with E-state index >= 15 is 0 Å². The van der Waals surface area contributed by atoms with Crippen molar-refractivity contribution in [3.05, 3.63) is 70.8 Å². The Balaban J connectivity index is 1.96. The predicted octanol–water partition coefficient (Wildman–Crippen LogP) is 13.0. The van der Waals surface area contributed by atoms with Gasteiger partial charge in [0.2, 0.25) is 0 Å². The lowest BCUT2D eigenvalue weighted by Crippen LogP contribution is -2.13. The van der Waals surface area contributed by atoms with Gasteiger partial charge in [-0.05, 0) is 92.4 Å². The first-order chi connectivity index (χ1) is 25.0. The van der Waals surface area contributed by atoms with Crippen molar-refractivity contribution >= 4 is 47.0 Å². The molecule has 0 aromatic heterocycles. The average Bonchev–Trinajstić information content (AvgIpc) is 3.04. The third-order valence-corrected chi connectivity index (χ3v) is 13.2. The summed E-state index contributed by atoms with van der Waals surface area (Å²) in [6, 6.07) is 20.7. The first-order valence-electron chi connectivity index (χ1n) is 17.8. The second-order valence-corrected chi connectivity index (χ2v) is 21.9. The van der Waals surface area contributed by atoms with E-state index in [0.717, 1.165) is 41.8 Å². The minimum Gasteiger partial charge on any atom is -0.506 e. The molecule has 0 aliphatic carbocycles. The maximum absolute atomic E-state index is 12.2. The fourth-order valence-corrected chi connectivity index (χ4v) is 10.2.